The molecular weight excluding hydrogens is 458 g/mol. The van der Waals surface area contributed by atoms with Crippen LogP contribution >= 0.6 is 22.9 Å². The molecule has 1 aliphatic rings. The van der Waals surface area contributed by atoms with E-state index in [0.29, 0.717) is 29.4 Å². The first-order valence-corrected chi connectivity index (χ1v) is 11.8. The van der Waals surface area contributed by atoms with Gasteiger partial charge < -0.3 is 20.3 Å². The number of aromatic hydroxyl groups is 1. The summed E-state index contributed by atoms with van der Waals surface area (Å²) in [6.07, 6.45) is 0.331. The molecule has 2 aromatic carbocycles. The van der Waals surface area contributed by atoms with Gasteiger partial charge in [-0.3, -0.25) is 9.59 Å². The first kappa shape index (κ1) is 21.6. The Hall–Kier alpha value is -3.29. The number of rotatable bonds is 4. The maximum absolute atomic E-state index is 13.6. The Morgan fingerprint density at radius 2 is 2.00 bits per heavy atom. The summed E-state index contributed by atoms with van der Waals surface area (Å²) in [5, 5.41) is 13.8. The summed E-state index contributed by atoms with van der Waals surface area (Å²) in [7, 11) is 0. The molecule has 8 heteroatoms. The lowest BCUT2D eigenvalue weighted by Crippen LogP contribution is -2.52. The number of H-pyrrole nitrogens is 1. The average molecular weight is 480 g/mol. The molecule has 168 valence electrons. The van der Waals surface area contributed by atoms with Gasteiger partial charge in [0.2, 0.25) is 5.91 Å². The molecule has 0 unspecified atom stereocenters. The van der Waals surface area contributed by atoms with Gasteiger partial charge in [0.15, 0.2) is 0 Å². The number of fused-ring (bicyclic) bond motifs is 2. The van der Waals surface area contributed by atoms with Crippen molar-refractivity contribution in [3.63, 3.8) is 0 Å². The van der Waals surface area contributed by atoms with E-state index in [9.17, 15) is 14.7 Å². The molecule has 1 atom stereocenters. The standard InChI is InChI=1S/C25H22ClN3O3S/c1-14-8-18-9-15(3-6-21(18)28-14)25(32)29-13-16-2-4-19(30)10-17(16)11-22(29)24(31)27-12-20-5-7-23(26)33-20/h2-10,22,28,30H,11-13H2,1H3,(H,27,31)/t22-/m0/s1. The number of nitrogens with one attached hydrogen (secondary N) is 2. The monoisotopic (exact) mass is 479 g/mol. The number of benzene rings is 2. The number of aromatic amines is 1. The summed E-state index contributed by atoms with van der Waals surface area (Å²) in [6, 6.07) is 15.6. The number of amides is 2. The molecule has 5 rings (SSSR count). The number of hydrogen-bond donors (Lipinski definition) is 3. The number of hydrogen-bond acceptors (Lipinski definition) is 4. The van der Waals surface area contributed by atoms with E-state index < -0.39 is 6.04 Å². The molecule has 0 radical (unpaired) electrons. The highest BCUT2D eigenvalue weighted by molar-refractivity contribution is 7.16. The van der Waals surface area contributed by atoms with Crippen LogP contribution in [0.3, 0.4) is 0 Å². The molecule has 0 saturated heterocycles. The number of carbonyl (C=O) groups excluding carboxylic acids is 2. The van der Waals surface area contributed by atoms with E-state index in [1.54, 1.807) is 29.2 Å². The van der Waals surface area contributed by atoms with Crippen LogP contribution in [0.1, 0.15) is 32.1 Å². The number of phenolic OH excluding ortho intramolecular Hbond substituents is 1. The van der Waals surface area contributed by atoms with Crippen LogP contribution in [-0.4, -0.2) is 32.8 Å². The Morgan fingerprint density at radius 1 is 1.15 bits per heavy atom. The van der Waals surface area contributed by atoms with Crippen LogP contribution in [0.4, 0.5) is 0 Å². The van der Waals surface area contributed by atoms with E-state index in [0.717, 1.165) is 32.6 Å². The van der Waals surface area contributed by atoms with Crippen LogP contribution in [0, 0.1) is 6.92 Å². The maximum Gasteiger partial charge on any atom is 0.254 e. The molecule has 1 aliphatic heterocycles. The molecule has 0 saturated carbocycles. The lowest BCUT2D eigenvalue weighted by Gasteiger charge is -2.36. The number of halogens is 1. The number of carbonyl (C=O) groups is 2. The minimum Gasteiger partial charge on any atom is -0.508 e. The average Bonchev–Trinajstić information content (AvgIpc) is 3.39. The molecule has 4 aromatic rings. The van der Waals surface area contributed by atoms with Crippen LogP contribution in [-0.2, 0) is 24.3 Å². The fraction of sp³-hybridized carbons (Fsp3) is 0.200. The summed E-state index contributed by atoms with van der Waals surface area (Å²) in [6.45, 7) is 2.61. The minimum absolute atomic E-state index is 0.147. The molecule has 2 aromatic heterocycles. The zero-order chi connectivity index (χ0) is 23.1. The zero-order valence-electron chi connectivity index (χ0n) is 17.9. The van der Waals surface area contributed by atoms with Gasteiger partial charge in [-0.05, 0) is 66.6 Å². The van der Waals surface area contributed by atoms with Crippen molar-refractivity contribution in [3.8, 4) is 5.75 Å². The van der Waals surface area contributed by atoms with Crippen molar-refractivity contribution in [3.05, 3.63) is 86.2 Å². The second-order valence-corrected chi connectivity index (χ2v) is 10.1. The van der Waals surface area contributed by atoms with Gasteiger partial charge in [-0.15, -0.1) is 11.3 Å². The Kier molecular flexibility index (Phi) is 5.60. The van der Waals surface area contributed by atoms with Crippen molar-refractivity contribution < 1.29 is 14.7 Å². The molecule has 3 heterocycles. The quantitative estimate of drug-likeness (QED) is 0.393. The third-order valence-corrected chi connectivity index (χ3v) is 7.18. The van der Waals surface area contributed by atoms with Crippen molar-refractivity contribution in [2.75, 3.05) is 0 Å². The topological polar surface area (TPSA) is 85.4 Å². The molecule has 0 bridgehead atoms. The summed E-state index contributed by atoms with van der Waals surface area (Å²) in [5.41, 5.74) is 4.31. The summed E-state index contributed by atoms with van der Waals surface area (Å²) in [4.78, 5) is 32.6. The van der Waals surface area contributed by atoms with E-state index in [2.05, 4.69) is 10.3 Å². The van der Waals surface area contributed by atoms with Gasteiger partial charge in [-0.25, -0.2) is 0 Å². The Labute approximate surface area is 199 Å². The van der Waals surface area contributed by atoms with Crippen molar-refractivity contribution in [1.29, 1.82) is 0 Å². The Morgan fingerprint density at radius 3 is 2.79 bits per heavy atom. The van der Waals surface area contributed by atoms with Gasteiger partial charge in [0.1, 0.15) is 11.8 Å². The fourth-order valence-corrected chi connectivity index (χ4v) is 5.36. The lowest BCUT2D eigenvalue weighted by molar-refractivity contribution is -0.126. The van der Waals surface area contributed by atoms with Crippen LogP contribution in [0.2, 0.25) is 4.34 Å². The molecule has 6 nitrogen and oxygen atoms in total. The van der Waals surface area contributed by atoms with E-state index in [1.165, 1.54) is 11.3 Å². The van der Waals surface area contributed by atoms with E-state index in [1.807, 2.05) is 37.3 Å². The number of nitrogens with zero attached hydrogens (tertiary/aromatic N) is 1. The summed E-state index contributed by atoms with van der Waals surface area (Å²) < 4.78 is 0.661. The SMILES string of the molecule is Cc1cc2cc(C(=O)N3Cc4ccc(O)cc4C[C@H]3C(=O)NCc3ccc(Cl)s3)ccc2[nH]1. The van der Waals surface area contributed by atoms with Crippen molar-refractivity contribution >= 4 is 45.7 Å². The largest absolute Gasteiger partial charge is 0.508 e. The van der Waals surface area contributed by atoms with Gasteiger partial charge >= 0.3 is 0 Å². The summed E-state index contributed by atoms with van der Waals surface area (Å²) >= 11 is 7.41. The highest BCUT2D eigenvalue weighted by Crippen LogP contribution is 2.29. The van der Waals surface area contributed by atoms with Crippen LogP contribution in [0.5, 0.6) is 5.75 Å². The second-order valence-electron chi connectivity index (χ2n) is 8.28. The first-order valence-electron chi connectivity index (χ1n) is 10.6. The smallest absolute Gasteiger partial charge is 0.254 e. The second kappa shape index (κ2) is 8.57. The predicted octanol–water partition coefficient (Wildman–Crippen LogP) is 4.78. The predicted molar refractivity (Wildman–Crippen MR) is 130 cm³/mol. The molecular formula is C25H22ClN3O3S. The molecule has 0 aliphatic carbocycles. The Balaban J connectivity index is 1.45. The van der Waals surface area contributed by atoms with E-state index >= 15 is 0 Å². The van der Waals surface area contributed by atoms with Gasteiger partial charge in [0.25, 0.3) is 5.91 Å². The molecule has 0 fully saturated rings. The van der Waals surface area contributed by atoms with Gasteiger partial charge in [0.05, 0.1) is 10.9 Å². The van der Waals surface area contributed by atoms with E-state index in [4.69, 9.17) is 11.6 Å². The molecule has 33 heavy (non-hydrogen) atoms. The maximum atomic E-state index is 13.6. The van der Waals surface area contributed by atoms with Crippen LogP contribution in [0.15, 0.2) is 54.6 Å². The van der Waals surface area contributed by atoms with Crippen LogP contribution in [0.25, 0.3) is 10.9 Å². The third-order valence-electron chi connectivity index (χ3n) is 5.95. The number of aryl methyl sites for hydroxylation is 1. The first-order chi connectivity index (χ1) is 15.9. The lowest BCUT2D eigenvalue weighted by atomic mass is 9.92. The highest BCUT2D eigenvalue weighted by atomic mass is 35.5. The van der Waals surface area contributed by atoms with Gasteiger partial charge in [0, 0.05) is 40.0 Å². The van der Waals surface area contributed by atoms with Crippen molar-refractivity contribution in [1.82, 2.24) is 15.2 Å². The van der Waals surface area contributed by atoms with Crippen LogP contribution < -0.4 is 5.32 Å². The summed E-state index contributed by atoms with van der Waals surface area (Å²) in [5.74, 6) is -0.289. The molecule has 2 amide bonds. The zero-order valence-corrected chi connectivity index (χ0v) is 19.5. The van der Waals surface area contributed by atoms with Crippen molar-refractivity contribution in [2.24, 2.45) is 0 Å². The molecule has 3 N–H and O–H groups in total. The normalized spacial score (nSPS) is 15.5. The van der Waals surface area contributed by atoms with E-state index in [-0.39, 0.29) is 17.6 Å². The highest BCUT2D eigenvalue weighted by Gasteiger charge is 2.35. The minimum atomic E-state index is -0.689. The molecule has 0 spiro atoms. The fourth-order valence-electron chi connectivity index (χ4n) is 4.33. The van der Waals surface area contributed by atoms with Gasteiger partial charge in [-0.1, -0.05) is 17.7 Å². The Bertz CT molecular complexity index is 1380. The van der Waals surface area contributed by atoms with Gasteiger partial charge in [-0.2, -0.15) is 0 Å². The number of phenols is 1. The third kappa shape index (κ3) is 4.34. The number of aromatic nitrogens is 1. The number of thiophene rings is 1. The van der Waals surface area contributed by atoms with Crippen molar-refractivity contribution in [2.45, 2.75) is 32.5 Å².